The van der Waals surface area contributed by atoms with Crippen LogP contribution in [-0.4, -0.2) is 25.5 Å². The third-order valence-corrected chi connectivity index (χ3v) is 4.25. The van der Waals surface area contributed by atoms with Crippen molar-refractivity contribution in [2.75, 3.05) is 5.32 Å². The van der Waals surface area contributed by atoms with Crippen LogP contribution >= 0.6 is 11.6 Å². The van der Waals surface area contributed by atoms with Gasteiger partial charge in [0, 0.05) is 23.0 Å². The van der Waals surface area contributed by atoms with E-state index >= 15 is 0 Å². The van der Waals surface area contributed by atoms with Gasteiger partial charge in [0.05, 0.1) is 12.7 Å². The minimum Gasteiger partial charge on any atom is -0.309 e. The molecule has 6 nitrogen and oxygen atoms in total. The molecule has 130 valence electrons. The molecule has 0 saturated heterocycles. The van der Waals surface area contributed by atoms with E-state index < -0.39 is 0 Å². The summed E-state index contributed by atoms with van der Waals surface area (Å²) in [5.74, 6) is 0.581. The number of aryl methyl sites for hydroxylation is 1. The van der Waals surface area contributed by atoms with Gasteiger partial charge in [-0.2, -0.15) is 10.2 Å². The van der Waals surface area contributed by atoms with Crippen molar-refractivity contribution in [3.05, 3.63) is 65.1 Å². The minimum atomic E-state index is -0.357. The number of halogens is 1. The molecule has 0 spiro atoms. The van der Waals surface area contributed by atoms with Gasteiger partial charge in [0.2, 0.25) is 5.91 Å². The summed E-state index contributed by atoms with van der Waals surface area (Å²) in [6.07, 6.45) is 5.86. The van der Waals surface area contributed by atoms with Gasteiger partial charge in [-0.25, -0.2) is 4.68 Å². The van der Waals surface area contributed by atoms with E-state index in [-0.39, 0.29) is 11.9 Å². The second-order valence-electron chi connectivity index (χ2n) is 5.86. The van der Waals surface area contributed by atoms with Gasteiger partial charge in [-0.3, -0.25) is 9.48 Å². The number of aromatic nitrogens is 4. The lowest BCUT2D eigenvalue weighted by Crippen LogP contribution is -2.27. The number of carbonyl (C=O) groups is 1. The number of hydrogen-bond donors (Lipinski definition) is 1. The third-order valence-electron chi connectivity index (χ3n) is 4.02. The lowest BCUT2D eigenvalue weighted by molar-refractivity contribution is -0.119. The number of carbonyl (C=O) groups excluding carboxylic acids is 1. The first-order valence-electron chi connectivity index (χ1n) is 8.15. The normalized spacial score (nSPS) is 12.1. The second-order valence-corrected chi connectivity index (χ2v) is 6.30. The molecule has 3 aromatic rings. The van der Waals surface area contributed by atoms with Crippen LogP contribution in [0, 0.1) is 6.92 Å². The average Bonchev–Trinajstić information content (AvgIpc) is 3.21. The number of nitrogens with one attached hydrogen (secondary N) is 1. The molecule has 1 amide bonds. The lowest BCUT2D eigenvalue weighted by atomic mass is 10.2. The molecular weight excluding hydrogens is 338 g/mol. The summed E-state index contributed by atoms with van der Waals surface area (Å²) in [5.41, 5.74) is 1.93. The third kappa shape index (κ3) is 3.91. The van der Waals surface area contributed by atoms with Crippen LogP contribution in [0.4, 0.5) is 5.82 Å². The van der Waals surface area contributed by atoms with Gasteiger partial charge in [-0.1, -0.05) is 30.7 Å². The van der Waals surface area contributed by atoms with E-state index in [4.69, 9.17) is 11.6 Å². The fourth-order valence-corrected chi connectivity index (χ4v) is 2.94. The lowest BCUT2D eigenvalue weighted by Gasteiger charge is -2.17. The molecule has 0 radical (unpaired) electrons. The molecule has 7 heteroatoms. The van der Waals surface area contributed by atoms with E-state index in [0.29, 0.717) is 23.8 Å². The van der Waals surface area contributed by atoms with Crippen LogP contribution in [0.25, 0.3) is 0 Å². The van der Waals surface area contributed by atoms with E-state index in [9.17, 15) is 4.79 Å². The molecule has 0 bridgehead atoms. The van der Waals surface area contributed by atoms with Gasteiger partial charge < -0.3 is 5.32 Å². The highest BCUT2D eigenvalue weighted by molar-refractivity contribution is 6.30. The Morgan fingerprint density at radius 2 is 2.16 bits per heavy atom. The van der Waals surface area contributed by atoms with E-state index in [1.807, 2.05) is 44.2 Å². The van der Waals surface area contributed by atoms with Crippen LogP contribution in [0.1, 0.15) is 30.5 Å². The summed E-state index contributed by atoms with van der Waals surface area (Å²) in [6, 6.07) is 9.05. The molecule has 1 N–H and O–H groups in total. The Morgan fingerprint density at radius 3 is 2.84 bits per heavy atom. The Labute approximate surface area is 151 Å². The van der Waals surface area contributed by atoms with Crippen LogP contribution in [0.2, 0.25) is 5.02 Å². The predicted octanol–water partition coefficient (Wildman–Crippen LogP) is 3.68. The molecule has 1 aromatic carbocycles. The van der Waals surface area contributed by atoms with Crippen LogP contribution in [0.3, 0.4) is 0 Å². The van der Waals surface area contributed by atoms with Gasteiger partial charge >= 0.3 is 0 Å². The number of anilines is 1. The topological polar surface area (TPSA) is 64.7 Å². The largest absolute Gasteiger partial charge is 0.309 e. The maximum absolute atomic E-state index is 12.7. The van der Waals surface area contributed by atoms with Gasteiger partial charge in [-0.15, -0.1) is 0 Å². The average molecular weight is 358 g/mol. The van der Waals surface area contributed by atoms with Crippen molar-refractivity contribution in [3.8, 4) is 0 Å². The van der Waals surface area contributed by atoms with Crippen molar-refractivity contribution in [2.45, 2.75) is 32.9 Å². The Balaban J connectivity index is 1.80. The Kier molecular flexibility index (Phi) is 5.19. The maximum Gasteiger partial charge on any atom is 0.250 e. The molecule has 0 aliphatic rings. The molecule has 0 aliphatic heterocycles. The molecule has 3 rings (SSSR count). The summed E-state index contributed by atoms with van der Waals surface area (Å²) < 4.78 is 3.44. The smallest absolute Gasteiger partial charge is 0.250 e. The first-order chi connectivity index (χ1) is 12.1. The second kappa shape index (κ2) is 7.53. The summed E-state index contributed by atoms with van der Waals surface area (Å²) in [5, 5.41) is 12.2. The van der Waals surface area contributed by atoms with Crippen LogP contribution in [0.15, 0.2) is 48.9 Å². The van der Waals surface area contributed by atoms with Gasteiger partial charge in [-0.05, 0) is 37.1 Å². The van der Waals surface area contributed by atoms with Crippen molar-refractivity contribution < 1.29 is 4.79 Å². The highest BCUT2D eigenvalue weighted by atomic mass is 35.5. The molecule has 25 heavy (non-hydrogen) atoms. The fraction of sp³-hybridized carbons (Fsp3) is 0.278. The Bertz CT molecular complexity index is 856. The number of nitrogens with zero attached hydrogens (tertiary/aromatic N) is 4. The molecule has 0 aliphatic carbocycles. The zero-order valence-corrected chi connectivity index (χ0v) is 14.9. The summed E-state index contributed by atoms with van der Waals surface area (Å²) in [6.45, 7) is 4.41. The summed E-state index contributed by atoms with van der Waals surface area (Å²) >= 11 is 6.05. The molecule has 0 fully saturated rings. The Hall–Kier alpha value is -2.60. The molecule has 2 aromatic heterocycles. The number of benzene rings is 1. The van der Waals surface area contributed by atoms with Crippen molar-refractivity contribution in [1.82, 2.24) is 19.6 Å². The van der Waals surface area contributed by atoms with Crippen LogP contribution < -0.4 is 5.32 Å². The quantitative estimate of drug-likeness (QED) is 0.731. The molecule has 1 atom stereocenters. The van der Waals surface area contributed by atoms with E-state index in [1.165, 1.54) is 0 Å². The van der Waals surface area contributed by atoms with Crippen molar-refractivity contribution >= 4 is 23.3 Å². The van der Waals surface area contributed by atoms with E-state index in [0.717, 1.165) is 11.1 Å². The zero-order valence-electron chi connectivity index (χ0n) is 14.2. The van der Waals surface area contributed by atoms with E-state index in [2.05, 4.69) is 15.5 Å². The highest BCUT2D eigenvalue weighted by Crippen LogP contribution is 2.20. The standard InChI is InChI=1S/C18H20ClN5O/c1-3-16(23-9-5-8-20-23)18(25)22-17-13(2)11-21-24(17)12-14-6-4-7-15(19)10-14/h4-11,16H,3,12H2,1-2H3,(H,22,25)/t16-/m1/s1. The predicted molar refractivity (Wildman–Crippen MR) is 97.7 cm³/mol. The summed E-state index contributed by atoms with van der Waals surface area (Å²) in [7, 11) is 0. The Morgan fingerprint density at radius 1 is 1.32 bits per heavy atom. The number of rotatable bonds is 6. The zero-order chi connectivity index (χ0) is 17.8. The number of amides is 1. The van der Waals surface area contributed by atoms with Gasteiger partial charge in [0.15, 0.2) is 0 Å². The first kappa shape index (κ1) is 17.2. The fourth-order valence-electron chi connectivity index (χ4n) is 2.73. The molecule has 0 unspecified atom stereocenters. The van der Waals surface area contributed by atoms with Crippen molar-refractivity contribution in [3.63, 3.8) is 0 Å². The number of hydrogen-bond acceptors (Lipinski definition) is 3. The van der Waals surface area contributed by atoms with Gasteiger partial charge in [0.1, 0.15) is 11.9 Å². The minimum absolute atomic E-state index is 0.109. The monoisotopic (exact) mass is 357 g/mol. The summed E-state index contributed by atoms with van der Waals surface area (Å²) in [4.78, 5) is 12.7. The highest BCUT2D eigenvalue weighted by Gasteiger charge is 2.21. The molecule has 0 saturated carbocycles. The van der Waals surface area contributed by atoms with Crippen molar-refractivity contribution in [2.24, 2.45) is 0 Å². The van der Waals surface area contributed by atoms with Gasteiger partial charge in [0.25, 0.3) is 0 Å². The molecule has 2 heterocycles. The first-order valence-corrected chi connectivity index (χ1v) is 8.53. The maximum atomic E-state index is 12.7. The van der Waals surface area contributed by atoms with Crippen molar-refractivity contribution in [1.29, 1.82) is 0 Å². The van der Waals surface area contributed by atoms with Crippen LogP contribution in [-0.2, 0) is 11.3 Å². The molecular formula is C18H20ClN5O. The SMILES string of the molecule is CC[C@H](C(=O)Nc1c(C)cnn1Cc1cccc(Cl)c1)n1cccn1. The van der Waals surface area contributed by atoms with Crippen LogP contribution in [0.5, 0.6) is 0 Å². The van der Waals surface area contributed by atoms with E-state index in [1.54, 1.807) is 28.0 Å².